The number of aromatic nitrogens is 2. The lowest BCUT2D eigenvalue weighted by Gasteiger charge is -2.07. The van der Waals surface area contributed by atoms with Gasteiger partial charge in [-0.05, 0) is 40.8 Å². The number of rotatable bonds is 3. The van der Waals surface area contributed by atoms with E-state index in [0.29, 0.717) is 5.02 Å². The highest BCUT2D eigenvalue weighted by Gasteiger charge is 2.13. The van der Waals surface area contributed by atoms with Gasteiger partial charge < -0.3 is 9.84 Å². The van der Waals surface area contributed by atoms with E-state index in [0.717, 1.165) is 3.57 Å². The third-order valence-electron chi connectivity index (χ3n) is 1.97. The first-order valence-corrected chi connectivity index (χ1v) is 6.20. The van der Waals surface area contributed by atoms with Crippen molar-refractivity contribution in [1.82, 2.24) is 9.97 Å². The van der Waals surface area contributed by atoms with E-state index in [-0.39, 0.29) is 17.3 Å². The van der Waals surface area contributed by atoms with E-state index in [2.05, 4.69) is 9.97 Å². The molecule has 0 fully saturated rings. The molecule has 0 unspecified atom stereocenters. The van der Waals surface area contributed by atoms with Crippen LogP contribution in [0.25, 0.3) is 0 Å². The van der Waals surface area contributed by atoms with E-state index in [1.54, 1.807) is 12.1 Å². The van der Waals surface area contributed by atoms with Gasteiger partial charge in [-0.3, -0.25) is 0 Å². The SMILES string of the molecule is O=C(O)c1cc(I)ccc1Oc1ncc(Cl)cn1. The number of carboxylic acids is 1. The van der Waals surface area contributed by atoms with Crippen LogP contribution < -0.4 is 4.74 Å². The lowest BCUT2D eigenvalue weighted by Crippen LogP contribution is -2.01. The number of carbonyl (C=O) groups is 1. The number of halogens is 2. The molecule has 1 N–H and O–H groups in total. The van der Waals surface area contributed by atoms with Crippen LogP contribution >= 0.6 is 34.2 Å². The van der Waals surface area contributed by atoms with Gasteiger partial charge in [-0.2, -0.15) is 0 Å². The molecular weight excluding hydrogens is 370 g/mol. The molecule has 18 heavy (non-hydrogen) atoms. The summed E-state index contributed by atoms with van der Waals surface area (Å²) in [5.41, 5.74) is 0.0560. The molecule has 0 bridgehead atoms. The van der Waals surface area contributed by atoms with Gasteiger partial charge in [-0.25, -0.2) is 14.8 Å². The predicted molar refractivity (Wildman–Crippen MR) is 73.2 cm³/mol. The molecule has 2 rings (SSSR count). The number of ether oxygens (including phenoxy) is 1. The predicted octanol–water partition coefficient (Wildman–Crippen LogP) is 3.23. The summed E-state index contributed by atoms with van der Waals surface area (Å²) in [7, 11) is 0. The number of nitrogens with zero attached hydrogens (tertiary/aromatic N) is 2. The van der Waals surface area contributed by atoms with Gasteiger partial charge in [0.15, 0.2) is 0 Å². The Balaban J connectivity index is 2.34. The topological polar surface area (TPSA) is 72.3 Å². The quantitative estimate of drug-likeness (QED) is 0.833. The van der Waals surface area contributed by atoms with Crippen molar-refractivity contribution in [1.29, 1.82) is 0 Å². The van der Waals surface area contributed by atoms with Crippen LogP contribution in [0.15, 0.2) is 30.6 Å². The summed E-state index contributed by atoms with van der Waals surface area (Å²) in [5.74, 6) is -0.886. The van der Waals surface area contributed by atoms with Crippen molar-refractivity contribution in [3.63, 3.8) is 0 Å². The fourth-order valence-corrected chi connectivity index (χ4v) is 1.80. The highest BCUT2D eigenvalue weighted by Crippen LogP contribution is 2.25. The summed E-state index contributed by atoms with van der Waals surface area (Å²) in [6, 6.07) is 4.85. The van der Waals surface area contributed by atoms with Gasteiger partial charge in [-0.1, -0.05) is 11.6 Å². The maximum Gasteiger partial charge on any atom is 0.339 e. The zero-order valence-corrected chi connectivity index (χ0v) is 11.7. The van der Waals surface area contributed by atoms with Crippen LogP contribution in [0.1, 0.15) is 10.4 Å². The highest BCUT2D eigenvalue weighted by molar-refractivity contribution is 14.1. The second-order valence-electron chi connectivity index (χ2n) is 3.23. The Morgan fingerprint density at radius 1 is 1.33 bits per heavy atom. The summed E-state index contributed by atoms with van der Waals surface area (Å²) < 4.78 is 6.12. The largest absolute Gasteiger partial charge is 0.478 e. The Bertz CT molecular complexity index is 589. The molecule has 0 aliphatic heterocycles. The molecule has 1 heterocycles. The summed E-state index contributed by atoms with van der Waals surface area (Å²) >= 11 is 7.66. The summed E-state index contributed by atoms with van der Waals surface area (Å²) in [5, 5.41) is 9.45. The number of aromatic carboxylic acids is 1. The average molecular weight is 377 g/mol. The Morgan fingerprint density at radius 2 is 2.00 bits per heavy atom. The van der Waals surface area contributed by atoms with Crippen LogP contribution in [0.3, 0.4) is 0 Å². The van der Waals surface area contributed by atoms with Gasteiger partial charge in [0.05, 0.1) is 17.4 Å². The van der Waals surface area contributed by atoms with Gasteiger partial charge in [0.25, 0.3) is 0 Å². The van der Waals surface area contributed by atoms with Crippen molar-refractivity contribution in [2.24, 2.45) is 0 Å². The van der Waals surface area contributed by atoms with Gasteiger partial charge >= 0.3 is 12.0 Å². The first-order valence-electron chi connectivity index (χ1n) is 4.74. The monoisotopic (exact) mass is 376 g/mol. The van der Waals surface area contributed by atoms with E-state index in [9.17, 15) is 4.79 Å². The second kappa shape index (κ2) is 5.49. The molecular formula is C11H6ClIN2O3. The summed E-state index contributed by atoms with van der Waals surface area (Å²) in [4.78, 5) is 18.7. The van der Waals surface area contributed by atoms with Gasteiger partial charge in [0, 0.05) is 3.57 Å². The van der Waals surface area contributed by atoms with Crippen LogP contribution in [0, 0.1) is 3.57 Å². The minimum atomic E-state index is -1.07. The van der Waals surface area contributed by atoms with Gasteiger partial charge in [0.1, 0.15) is 11.3 Å². The number of hydrogen-bond donors (Lipinski definition) is 1. The molecule has 0 saturated heterocycles. The van der Waals surface area contributed by atoms with E-state index in [4.69, 9.17) is 21.4 Å². The van der Waals surface area contributed by atoms with Crippen LogP contribution in [0.4, 0.5) is 0 Å². The lowest BCUT2D eigenvalue weighted by atomic mass is 10.2. The third kappa shape index (κ3) is 3.08. The Labute approximate surface area is 121 Å². The highest BCUT2D eigenvalue weighted by atomic mass is 127. The molecule has 0 radical (unpaired) electrons. The van der Waals surface area contributed by atoms with Crippen molar-refractivity contribution in [2.45, 2.75) is 0 Å². The average Bonchev–Trinajstić information content (AvgIpc) is 2.34. The number of carboxylic acid groups (broad SMARTS) is 1. The van der Waals surface area contributed by atoms with E-state index in [1.165, 1.54) is 18.5 Å². The third-order valence-corrected chi connectivity index (χ3v) is 2.84. The smallest absolute Gasteiger partial charge is 0.339 e. The van der Waals surface area contributed by atoms with Crippen molar-refractivity contribution in [2.75, 3.05) is 0 Å². The molecule has 0 aliphatic carbocycles. The minimum absolute atomic E-state index is 0.0445. The van der Waals surface area contributed by atoms with Gasteiger partial charge in [-0.15, -0.1) is 0 Å². The van der Waals surface area contributed by atoms with Crippen molar-refractivity contribution >= 4 is 40.2 Å². The van der Waals surface area contributed by atoms with Crippen molar-refractivity contribution < 1.29 is 14.6 Å². The zero-order chi connectivity index (χ0) is 13.1. The van der Waals surface area contributed by atoms with Crippen molar-refractivity contribution in [3.05, 3.63) is 44.7 Å². The number of benzene rings is 1. The van der Waals surface area contributed by atoms with E-state index in [1.807, 2.05) is 22.6 Å². The maximum absolute atomic E-state index is 11.1. The van der Waals surface area contributed by atoms with E-state index >= 15 is 0 Å². The molecule has 0 aliphatic rings. The normalized spacial score (nSPS) is 10.1. The minimum Gasteiger partial charge on any atom is -0.478 e. The first kappa shape index (κ1) is 13.0. The van der Waals surface area contributed by atoms with Crippen LogP contribution in [-0.4, -0.2) is 21.0 Å². The molecule has 0 atom stereocenters. The van der Waals surface area contributed by atoms with Crippen molar-refractivity contribution in [3.8, 4) is 11.8 Å². The fourth-order valence-electron chi connectivity index (χ4n) is 1.21. The zero-order valence-electron chi connectivity index (χ0n) is 8.80. The standard InChI is InChI=1S/C11H6ClIN2O3/c12-6-4-14-11(15-5-6)18-9-2-1-7(13)3-8(9)10(16)17/h1-5H,(H,16,17). The molecule has 1 aromatic heterocycles. The Morgan fingerprint density at radius 3 is 2.61 bits per heavy atom. The molecule has 1 aromatic carbocycles. The van der Waals surface area contributed by atoms with Crippen LogP contribution in [0.2, 0.25) is 5.02 Å². The molecule has 0 spiro atoms. The summed E-state index contributed by atoms with van der Waals surface area (Å²) in [6.45, 7) is 0. The number of hydrogen-bond acceptors (Lipinski definition) is 4. The van der Waals surface area contributed by atoms with Crippen LogP contribution in [-0.2, 0) is 0 Å². The lowest BCUT2D eigenvalue weighted by molar-refractivity contribution is 0.0694. The molecule has 0 saturated carbocycles. The van der Waals surface area contributed by atoms with E-state index < -0.39 is 5.97 Å². The Kier molecular flexibility index (Phi) is 3.97. The van der Waals surface area contributed by atoms with Gasteiger partial charge in [0.2, 0.25) is 0 Å². The molecule has 5 nitrogen and oxygen atoms in total. The molecule has 2 aromatic rings. The fraction of sp³-hybridized carbons (Fsp3) is 0. The molecule has 0 amide bonds. The van der Waals surface area contributed by atoms with Crippen LogP contribution in [0.5, 0.6) is 11.8 Å². The maximum atomic E-state index is 11.1. The first-order chi connectivity index (χ1) is 8.56. The second-order valence-corrected chi connectivity index (χ2v) is 4.91. The molecule has 92 valence electrons. The molecule has 7 heteroatoms. The Hall–Kier alpha value is -1.41. The summed E-state index contributed by atoms with van der Waals surface area (Å²) in [6.07, 6.45) is 2.74.